The summed E-state index contributed by atoms with van der Waals surface area (Å²) in [5.74, 6) is 2.56. The minimum atomic E-state index is -0.450. The van der Waals surface area contributed by atoms with Crippen molar-refractivity contribution in [1.82, 2.24) is 14.9 Å². The van der Waals surface area contributed by atoms with E-state index in [2.05, 4.69) is 79.6 Å². The Balaban J connectivity index is 0.779. The number of fused-ring (bicyclic) bond motifs is 3. The molecule has 1 aliphatic heterocycles. The van der Waals surface area contributed by atoms with E-state index in [4.69, 9.17) is 9.47 Å². The van der Waals surface area contributed by atoms with E-state index >= 15 is 0 Å². The van der Waals surface area contributed by atoms with Crippen molar-refractivity contribution in [2.75, 3.05) is 43.5 Å². The van der Waals surface area contributed by atoms with Crippen LogP contribution in [0.5, 0.6) is 5.75 Å². The van der Waals surface area contributed by atoms with Gasteiger partial charge in [0.2, 0.25) is 0 Å². The fourth-order valence-electron chi connectivity index (χ4n) is 9.61. The Kier molecular flexibility index (Phi) is 16.0. The summed E-state index contributed by atoms with van der Waals surface area (Å²) >= 11 is 3.56. The van der Waals surface area contributed by atoms with Gasteiger partial charge in [-0.3, -0.25) is 29.6 Å². The topological polar surface area (TPSA) is 140 Å². The van der Waals surface area contributed by atoms with Gasteiger partial charge in [-0.2, -0.15) is 0 Å². The Morgan fingerprint density at radius 3 is 2.56 bits per heavy atom. The number of aryl methyl sites for hydroxylation is 2. The molecule has 4 aromatic rings. The first-order valence-electron chi connectivity index (χ1n) is 22.9. The summed E-state index contributed by atoms with van der Waals surface area (Å²) < 4.78 is 13.1. The molecule has 2 N–H and O–H groups in total. The van der Waals surface area contributed by atoms with Crippen LogP contribution in [0.15, 0.2) is 83.6 Å². The van der Waals surface area contributed by atoms with Crippen LogP contribution in [0.1, 0.15) is 120 Å². The predicted molar refractivity (Wildman–Crippen MR) is 255 cm³/mol. The van der Waals surface area contributed by atoms with Gasteiger partial charge in [0.1, 0.15) is 30.5 Å². The summed E-state index contributed by atoms with van der Waals surface area (Å²) in [4.78, 5) is 61.3. The fraction of sp³-hybridized carbons (Fsp3) is 0.462. The molecule has 0 bridgehead atoms. The summed E-state index contributed by atoms with van der Waals surface area (Å²) in [7, 11) is 0. The normalized spacial score (nSPS) is 19.4. The van der Waals surface area contributed by atoms with E-state index in [0.29, 0.717) is 73.0 Å². The maximum absolute atomic E-state index is 13.4. The molecule has 2 amide bonds. The summed E-state index contributed by atoms with van der Waals surface area (Å²) in [6, 6.07) is 17.0. The number of anilines is 2. The zero-order valence-corrected chi connectivity index (χ0v) is 39.3. The summed E-state index contributed by atoms with van der Waals surface area (Å²) in [6.45, 7) is 12.0. The number of ketones is 2. The van der Waals surface area contributed by atoms with Gasteiger partial charge in [0.05, 0.1) is 30.4 Å². The van der Waals surface area contributed by atoms with E-state index in [1.54, 1.807) is 6.20 Å². The van der Waals surface area contributed by atoms with Crippen molar-refractivity contribution in [2.45, 2.75) is 104 Å². The van der Waals surface area contributed by atoms with Gasteiger partial charge in [0.25, 0.3) is 0 Å². The number of hydrogen-bond donors (Lipinski definition) is 2. The fourth-order valence-corrected chi connectivity index (χ4v) is 9.96. The molecule has 12 heteroatoms. The van der Waals surface area contributed by atoms with Gasteiger partial charge >= 0.3 is 6.03 Å². The van der Waals surface area contributed by atoms with Crippen molar-refractivity contribution >= 4 is 51.3 Å². The van der Waals surface area contributed by atoms with E-state index < -0.39 is 6.03 Å². The number of benzene rings is 3. The number of carbonyl (C=O) groups excluding carboxylic acids is 4. The van der Waals surface area contributed by atoms with E-state index in [0.717, 1.165) is 97.7 Å². The summed E-state index contributed by atoms with van der Waals surface area (Å²) in [5.41, 5.74) is 7.26. The molecule has 64 heavy (non-hydrogen) atoms. The highest BCUT2D eigenvalue weighted by Crippen LogP contribution is 2.53. The van der Waals surface area contributed by atoms with Gasteiger partial charge in [-0.1, -0.05) is 91.2 Å². The molecule has 0 spiro atoms. The second kappa shape index (κ2) is 21.8. The second-order valence-corrected chi connectivity index (χ2v) is 19.4. The van der Waals surface area contributed by atoms with Crippen LogP contribution >= 0.6 is 15.9 Å². The number of aldehydes is 1. The molecule has 3 unspecified atom stereocenters. The Hall–Kier alpha value is -5.04. The number of hydrogen-bond acceptors (Lipinski definition) is 9. The Bertz CT molecular complexity index is 2310. The lowest BCUT2D eigenvalue weighted by molar-refractivity contribution is -0.118. The molecule has 7 rings (SSSR count). The highest BCUT2D eigenvalue weighted by atomic mass is 79.9. The van der Waals surface area contributed by atoms with Gasteiger partial charge in [0, 0.05) is 53.9 Å². The molecule has 1 aromatic heterocycles. The Labute approximate surface area is 386 Å². The number of urea groups is 1. The molecule has 4 atom stereocenters. The SMILES string of the molecule is Cc1cnc(NC(=O)Nc2cc(Br)c(C)cc2OC[C@@H]2CN(CCCCCCC(=O)Cc3ccc(C(=O)CCC(C)(C)C4Cc5ccc(C=O)cc5C5C=CCC54)cc3)CCO2)cn1. The van der Waals surface area contributed by atoms with Gasteiger partial charge in [0.15, 0.2) is 11.6 Å². The van der Waals surface area contributed by atoms with E-state index in [9.17, 15) is 19.2 Å². The Morgan fingerprint density at radius 1 is 0.969 bits per heavy atom. The molecule has 2 aliphatic carbocycles. The predicted octanol–water partition coefficient (Wildman–Crippen LogP) is 10.7. The standard InChI is InChI=1S/C52H62BrN5O6/c1-34-24-49(47(28-46(34)53)56-51(62)57-50-30-54-35(2)29-55-50)64-33-41-31-58(22-23-63-41)21-8-6-5-7-10-40(60)25-36-13-16-38(17-14-36)48(61)19-20-52(3,4)45-27-39-18-15-37(32-59)26-44(39)42-11-9-12-43(42)45/h9,11,13-18,24,26,28-30,32,41-43,45H,5-8,10,12,19-23,25,27,31,33H2,1-4H3,(H2,55,56,57,62)/t41-,42?,43?,45?/m0/s1. The smallest absolute Gasteiger partial charge is 0.325 e. The molecule has 2 heterocycles. The zero-order valence-electron chi connectivity index (χ0n) is 37.7. The highest BCUT2D eigenvalue weighted by Gasteiger charge is 2.44. The number of nitrogens with one attached hydrogen (secondary N) is 2. The van der Waals surface area contributed by atoms with Crippen molar-refractivity contribution in [3.05, 3.63) is 123 Å². The van der Waals surface area contributed by atoms with Crippen molar-refractivity contribution in [3.8, 4) is 5.75 Å². The van der Waals surface area contributed by atoms with Crippen LogP contribution in [0.4, 0.5) is 16.3 Å². The van der Waals surface area contributed by atoms with Crippen LogP contribution < -0.4 is 15.4 Å². The van der Waals surface area contributed by atoms with E-state index in [1.165, 1.54) is 17.3 Å². The van der Waals surface area contributed by atoms with Crippen LogP contribution in [0.2, 0.25) is 0 Å². The maximum atomic E-state index is 13.4. The summed E-state index contributed by atoms with van der Waals surface area (Å²) in [6.07, 6.45) is 16.8. The number of carbonyl (C=O) groups is 4. The monoisotopic (exact) mass is 931 g/mol. The van der Waals surface area contributed by atoms with Crippen molar-refractivity contribution in [2.24, 2.45) is 17.3 Å². The third-order valence-corrected chi connectivity index (χ3v) is 14.2. The average Bonchev–Trinajstić information content (AvgIpc) is 3.79. The number of unbranched alkanes of at least 4 members (excludes halogenated alkanes) is 3. The first-order chi connectivity index (χ1) is 30.8. The van der Waals surface area contributed by atoms with E-state index in [-0.39, 0.29) is 23.1 Å². The second-order valence-electron chi connectivity index (χ2n) is 18.6. The van der Waals surface area contributed by atoms with Gasteiger partial charge in [-0.15, -0.1) is 0 Å². The molecule has 1 fully saturated rings. The molecule has 11 nitrogen and oxygen atoms in total. The molecular weight excluding hydrogens is 871 g/mol. The number of Topliss-reactive ketones (excluding diaryl/α,β-unsaturated/α-hetero) is 2. The minimum absolute atomic E-state index is 0.0212. The molecule has 1 saturated heterocycles. The minimum Gasteiger partial charge on any atom is -0.489 e. The van der Waals surface area contributed by atoms with Crippen LogP contribution in [0.25, 0.3) is 0 Å². The van der Waals surface area contributed by atoms with Crippen LogP contribution in [-0.4, -0.2) is 77.7 Å². The lowest BCUT2D eigenvalue weighted by Gasteiger charge is -2.45. The van der Waals surface area contributed by atoms with Gasteiger partial charge in [-0.25, -0.2) is 9.78 Å². The number of ether oxygens (including phenoxy) is 2. The highest BCUT2D eigenvalue weighted by molar-refractivity contribution is 9.10. The third kappa shape index (κ3) is 12.4. The number of morpholine rings is 1. The van der Waals surface area contributed by atoms with Crippen LogP contribution in [-0.2, 0) is 22.4 Å². The lowest BCUT2D eigenvalue weighted by Crippen LogP contribution is -2.45. The maximum Gasteiger partial charge on any atom is 0.325 e. The number of allylic oxidation sites excluding steroid dienone is 2. The number of halogens is 1. The van der Waals surface area contributed by atoms with Crippen LogP contribution in [0.3, 0.4) is 0 Å². The van der Waals surface area contributed by atoms with Gasteiger partial charge < -0.3 is 14.8 Å². The largest absolute Gasteiger partial charge is 0.489 e. The first kappa shape index (κ1) is 46.9. The molecule has 338 valence electrons. The number of aromatic nitrogens is 2. The quantitative estimate of drug-likeness (QED) is 0.0384. The van der Waals surface area contributed by atoms with Crippen molar-refractivity contribution in [1.29, 1.82) is 0 Å². The number of amides is 2. The number of rotatable bonds is 20. The van der Waals surface area contributed by atoms with E-state index in [1.807, 2.05) is 56.3 Å². The molecule has 3 aromatic carbocycles. The van der Waals surface area contributed by atoms with Crippen LogP contribution in [0, 0.1) is 31.1 Å². The Morgan fingerprint density at radius 2 is 1.78 bits per heavy atom. The zero-order chi connectivity index (χ0) is 45.2. The average molecular weight is 933 g/mol. The molecule has 3 aliphatic rings. The lowest BCUT2D eigenvalue weighted by atomic mass is 9.59. The molecule has 0 saturated carbocycles. The molecule has 0 radical (unpaired) electrons. The van der Waals surface area contributed by atoms with Crippen molar-refractivity contribution in [3.63, 3.8) is 0 Å². The van der Waals surface area contributed by atoms with Gasteiger partial charge in [-0.05, 0) is 110 Å². The number of nitrogens with zero attached hydrogens (tertiary/aromatic N) is 3. The summed E-state index contributed by atoms with van der Waals surface area (Å²) in [5, 5.41) is 5.57. The third-order valence-electron chi connectivity index (χ3n) is 13.4. The first-order valence-corrected chi connectivity index (χ1v) is 23.7. The van der Waals surface area contributed by atoms with Crippen molar-refractivity contribution < 1.29 is 28.7 Å². The molecular formula is C52H62BrN5O6.